The van der Waals surface area contributed by atoms with E-state index in [2.05, 4.69) is 74.5 Å². The summed E-state index contributed by atoms with van der Waals surface area (Å²) in [6.07, 6.45) is 4.76. The maximum atomic E-state index is 5.88. The van der Waals surface area contributed by atoms with Gasteiger partial charge in [0.05, 0.1) is 0 Å². The molecule has 1 nitrogen and oxygen atoms in total. The molecule has 0 aliphatic carbocycles. The second-order valence-corrected chi connectivity index (χ2v) is 12.1. The molecule has 2 N–H and O–H groups in total. The SMILES string of the molecule is CCP(CC)(CCCN)(c1ccccc1)c1ccccc1. The third-order valence-electron chi connectivity index (χ3n) is 5.29. The average molecular weight is 301 g/mol. The first-order valence-corrected chi connectivity index (χ1v) is 10.8. The standard InChI is InChI=1S/C19H28NP/c1-3-21(4-2,17-11-16-20,18-12-7-5-8-13-18)19-14-9-6-10-15-19/h5-10,12-15H,3-4,11,16-17,20H2,1-2H3. The molecule has 0 fully saturated rings. The van der Waals surface area contributed by atoms with Crippen molar-refractivity contribution in [1.82, 2.24) is 0 Å². The Morgan fingerprint density at radius 1 is 0.762 bits per heavy atom. The zero-order chi connectivity index (χ0) is 15.2. The molecule has 21 heavy (non-hydrogen) atoms. The molecule has 0 atom stereocenters. The topological polar surface area (TPSA) is 26.0 Å². The van der Waals surface area contributed by atoms with Gasteiger partial charge >= 0.3 is 129 Å². The summed E-state index contributed by atoms with van der Waals surface area (Å²) in [5.74, 6) is 0. The van der Waals surface area contributed by atoms with Gasteiger partial charge in [-0.05, 0) is 0 Å². The van der Waals surface area contributed by atoms with Crippen molar-refractivity contribution in [2.24, 2.45) is 5.73 Å². The van der Waals surface area contributed by atoms with Gasteiger partial charge in [-0.3, -0.25) is 0 Å². The van der Waals surface area contributed by atoms with Gasteiger partial charge in [-0.2, -0.15) is 0 Å². The molecule has 0 aromatic heterocycles. The normalized spacial score (nSPS) is 13.6. The first-order chi connectivity index (χ1) is 10.2. The van der Waals surface area contributed by atoms with Gasteiger partial charge in [-0.1, -0.05) is 0 Å². The third-order valence-corrected chi connectivity index (χ3v) is 13.0. The van der Waals surface area contributed by atoms with Crippen LogP contribution in [-0.2, 0) is 0 Å². The molecule has 0 radical (unpaired) electrons. The fourth-order valence-corrected chi connectivity index (χ4v) is 10.00. The zero-order valence-electron chi connectivity index (χ0n) is 13.3. The summed E-state index contributed by atoms with van der Waals surface area (Å²) in [5.41, 5.74) is 5.88. The van der Waals surface area contributed by atoms with Crippen LogP contribution in [0.1, 0.15) is 20.3 Å². The van der Waals surface area contributed by atoms with Crippen molar-refractivity contribution >= 4 is 17.2 Å². The predicted molar refractivity (Wildman–Crippen MR) is 98.7 cm³/mol. The molecular weight excluding hydrogens is 273 g/mol. The van der Waals surface area contributed by atoms with Crippen LogP contribution in [-0.4, -0.2) is 25.0 Å². The number of benzene rings is 2. The van der Waals surface area contributed by atoms with Gasteiger partial charge < -0.3 is 0 Å². The molecule has 114 valence electrons. The molecular formula is C19H28NP. The Bertz CT molecular complexity index is 503. The molecule has 2 rings (SSSR count). The van der Waals surface area contributed by atoms with E-state index in [0.29, 0.717) is 0 Å². The van der Waals surface area contributed by atoms with Crippen molar-refractivity contribution in [2.75, 3.05) is 25.0 Å². The average Bonchev–Trinajstić information content (AvgIpc) is 2.59. The molecule has 2 aromatic rings. The van der Waals surface area contributed by atoms with Crippen LogP contribution in [0, 0.1) is 0 Å². The minimum absolute atomic E-state index is 0.775. The summed E-state index contributed by atoms with van der Waals surface area (Å²) in [6, 6.07) is 22.4. The van der Waals surface area contributed by atoms with Gasteiger partial charge in [0.25, 0.3) is 0 Å². The van der Waals surface area contributed by atoms with Gasteiger partial charge in [0.2, 0.25) is 0 Å². The van der Waals surface area contributed by atoms with Crippen molar-refractivity contribution in [1.29, 1.82) is 0 Å². The van der Waals surface area contributed by atoms with Crippen LogP contribution in [0.3, 0.4) is 0 Å². The molecule has 2 heteroatoms. The Morgan fingerprint density at radius 2 is 1.19 bits per heavy atom. The van der Waals surface area contributed by atoms with Crippen molar-refractivity contribution in [3.8, 4) is 0 Å². The van der Waals surface area contributed by atoms with Gasteiger partial charge in [-0.15, -0.1) is 0 Å². The Labute approximate surface area is 129 Å². The number of nitrogens with two attached hydrogens (primary N) is 1. The van der Waals surface area contributed by atoms with Crippen molar-refractivity contribution < 1.29 is 0 Å². The van der Waals surface area contributed by atoms with E-state index < -0.39 is 6.60 Å². The van der Waals surface area contributed by atoms with E-state index in [9.17, 15) is 0 Å². The minimum atomic E-state index is -2.14. The molecule has 0 bridgehead atoms. The second kappa shape index (κ2) is 6.73. The van der Waals surface area contributed by atoms with Crippen molar-refractivity contribution in [3.63, 3.8) is 0 Å². The summed E-state index contributed by atoms with van der Waals surface area (Å²) < 4.78 is 0. The molecule has 0 heterocycles. The summed E-state index contributed by atoms with van der Waals surface area (Å²) >= 11 is 0. The van der Waals surface area contributed by atoms with Crippen LogP contribution in [0.2, 0.25) is 0 Å². The molecule has 0 amide bonds. The monoisotopic (exact) mass is 301 g/mol. The van der Waals surface area contributed by atoms with E-state index in [1.54, 1.807) is 10.6 Å². The first-order valence-electron chi connectivity index (χ1n) is 8.04. The van der Waals surface area contributed by atoms with Crippen LogP contribution >= 0.6 is 6.60 Å². The van der Waals surface area contributed by atoms with Crippen LogP contribution in [0.25, 0.3) is 0 Å². The fourth-order valence-electron chi connectivity index (χ4n) is 3.79. The van der Waals surface area contributed by atoms with Gasteiger partial charge in [-0.25, -0.2) is 0 Å². The zero-order valence-corrected chi connectivity index (χ0v) is 14.2. The van der Waals surface area contributed by atoms with Crippen LogP contribution in [0.4, 0.5) is 0 Å². The van der Waals surface area contributed by atoms with Crippen molar-refractivity contribution in [3.05, 3.63) is 60.7 Å². The molecule has 0 unspecified atom stereocenters. The molecule has 2 aromatic carbocycles. The maximum absolute atomic E-state index is 5.88. The van der Waals surface area contributed by atoms with E-state index >= 15 is 0 Å². The Hall–Kier alpha value is -1.17. The predicted octanol–water partition coefficient (Wildman–Crippen LogP) is 3.58. The van der Waals surface area contributed by atoms with Crippen LogP contribution in [0.15, 0.2) is 60.7 Å². The molecule has 0 spiro atoms. The summed E-state index contributed by atoms with van der Waals surface area (Å²) in [6.45, 7) is 3.38. The van der Waals surface area contributed by atoms with Gasteiger partial charge in [0.1, 0.15) is 0 Å². The quantitative estimate of drug-likeness (QED) is 0.777. The Kier molecular flexibility index (Phi) is 5.19. The summed E-state index contributed by atoms with van der Waals surface area (Å²) in [5, 5.41) is 3.10. The Balaban J connectivity index is 2.72. The Morgan fingerprint density at radius 3 is 1.52 bits per heavy atom. The third kappa shape index (κ3) is 2.65. The number of rotatable bonds is 7. The van der Waals surface area contributed by atoms with E-state index in [1.807, 2.05) is 0 Å². The van der Waals surface area contributed by atoms with Gasteiger partial charge in [0, 0.05) is 0 Å². The molecule has 0 saturated heterocycles. The van der Waals surface area contributed by atoms with Crippen LogP contribution in [0.5, 0.6) is 0 Å². The second-order valence-electron chi connectivity index (χ2n) is 5.90. The molecule has 0 aliphatic rings. The van der Waals surface area contributed by atoms with Crippen LogP contribution < -0.4 is 16.3 Å². The fraction of sp³-hybridized carbons (Fsp3) is 0.368. The molecule has 0 saturated carbocycles. The summed E-state index contributed by atoms with van der Waals surface area (Å²) in [7, 11) is 0. The van der Waals surface area contributed by atoms with Crippen molar-refractivity contribution in [2.45, 2.75) is 20.3 Å². The van der Waals surface area contributed by atoms with Gasteiger partial charge in [0.15, 0.2) is 0 Å². The molecule has 0 aliphatic heterocycles. The van der Waals surface area contributed by atoms with E-state index in [0.717, 1.165) is 13.0 Å². The number of hydrogen-bond acceptors (Lipinski definition) is 1. The number of hydrogen-bond donors (Lipinski definition) is 1. The van der Waals surface area contributed by atoms with E-state index in [1.165, 1.54) is 18.5 Å². The first kappa shape index (κ1) is 16.2. The van der Waals surface area contributed by atoms with E-state index in [-0.39, 0.29) is 0 Å². The van der Waals surface area contributed by atoms with E-state index in [4.69, 9.17) is 5.73 Å². The summed E-state index contributed by atoms with van der Waals surface area (Å²) in [4.78, 5) is 0.